The number of carbonyl (C=O) groups is 8. The number of aliphatic carboxylic acids is 1. The molecule has 0 aromatic heterocycles. The van der Waals surface area contributed by atoms with Crippen LogP contribution in [0.25, 0.3) is 0 Å². The maximum Gasteiger partial charge on any atom is 0.303 e. The number of nitrogens with two attached hydrogens (primary N) is 1. The number of guanidine groups is 1. The Morgan fingerprint density at radius 3 is 2.28 bits per heavy atom. The molecule has 2 saturated heterocycles. The molecule has 3 unspecified atom stereocenters. The number of hydrogen-bond acceptors (Lipinski definition) is 9. The first-order valence-corrected chi connectivity index (χ1v) is 21.1. The van der Waals surface area contributed by atoms with E-state index in [1.54, 1.807) is 30.3 Å². The zero-order chi connectivity index (χ0) is 43.6. The standard InChI is InChI=1S/C41H62N10O9/c1-25-35(55)48-28(15-8-21-45-41(42)43)36(56)44-20-9-16-29(49-38(58)30(23-26-11-4-2-5-12-26)47-33(52)18-19-34(53)54)40(60)51-22-10-17-32(51)39(59)50-31(37(57)46-25)24-27-13-6-3-7-14-27/h2,4-5,11-12,25,27-32H,3,6-10,13-24H2,1H3,(H,44,56)(H,46,57)(H,47,52)(H,48,55)(H,49,58)(H,50,59)(H,53,54)(H4,42,43,45)/t25?,28?,29-,30-,31+,32?/m0/s1. The predicted molar refractivity (Wildman–Crippen MR) is 220 cm³/mol. The van der Waals surface area contributed by atoms with Gasteiger partial charge in [-0.25, -0.2) is 0 Å². The Morgan fingerprint density at radius 2 is 1.58 bits per heavy atom. The van der Waals surface area contributed by atoms with Gasteiger partial charge in [-0.2, -0.15) is 0 Å². The molecule has 0 spiro atoms. The van der Waals surface area contributed by atoms with Gasteiger partial charge >= 0.3 is 5.97 Å². The van der Waals surface area contributed by atoms with Crippen LogP contribution in [0.1, 0.15) is 102 Å². The molecule has 6 atom stereocenters. The first kappa shape index (κ1) is 46.9. The second-order valence-corrected chi connectivity index (χ2v) is 16.0. The molecule has 11 N–H and O–H groups in total. The van der Waals surface area contributed by atoms with Crippen molar-refractivity contribution >= 4 is 53.3 Å². The summed E-state index contributed by atoms with van der Waals surface area (Å²) in [6.45, 7) is 2.00. The number of rotatable bonds is 14. The fourth-order valence-electron chi connectivity index (χ4n) is 7.95. The summed E-state index contributed by atoms with van der Waals surface area (Å²) in [4.78, 5) is 109. The molecule has 2 aliphatic heterocycles. The fourth-order valence-corrected chi connectivity index (χ4v) is 7.95. The number of nitrogens with zero attached hydrogens (tertiary/aromatic N) is 1. The summed E-state index contributed by atoms with van der Waals surface area (Å²) in [5, 5.41) is 35.7. The molecule has 19 nitrogen and oxygen atoms in total. The number of fused-ring (bicyclic) bond motifs is 1. The van der Waals surface area contributed by atoms with Crippen molar-refractivity contribution in [3.63, 3.8) is 0 Å². The van der Waals surface area contributed by atoms with Crippen molar-refractivity contribution in [3.05, 3.63) is 35.9 Å². The minimum atomic E-state index is -1.20. The number of carboxylic acid groups (broad SMARTS) is 1. The summed E-state index contributed by atoms with van der Waals surface area (Å²) in [5.74, 6) is -5.41. The quantitative estimate of drug-likeness (QED) is 0.0658. The van der Waals surface area contributed by atoms with Gasteiger partial charge in [-0.05, 0) is 63.4 Å². The number of nitrogens with one attached hydrogen (secondary N) is 8. The Kier molecular flexibility index (Phi) is 18.6. The highest BCUT2D eigenvalue weighted by molar-refractivity contribution is 5.97. The van der Waals surface area contributed by atoms with E-state index in [9.17, 15) is 38.4 Å². The van der Waals surface area contributed by atoms with Crippen molar-refractivity contribution in [2.75, 3.05) is 19.6 Å². The number of carboxylic acids is 1. The Bertz CT molecular complexity index is 1690. The predicted octanol–water partition coefficient (Wildman–Crippen LogP) is -0.328. The third-order valence-corrected chi connectivity index (χ3v) is 11.2. The summed E-state index contributed by atoms with van der Waals surface area (Å²) in [7, 11) is 0. The maximum atomic E-state index is 14.5. The van der Waals surface area contributed by atoms with Gasteiger partial charge < -0.3 is 53.0 Å². The molecule has 1 aliphatic carbocycles. The number of benzene rings is 1. The lowest BCUT2D eigenvalue weighted by atomic mass is 9.84. The highest BCUT2D eigenvalue weighted by atomic mass is 16.4. The van der Waals surface area contributed by atoms with Gasteiger partial charge in [0, 0.05) is 32.5 Å². The van der Waals surface area contributed by atoms with Crippen LogP contribution < -0.4 is 43.0 Å². The molecular formula is C41H62N10O9. The fraction of sp³-hybridized carbons (Fsp3) is 0.634. The highest BCUT2D eigenvalue weighted by Crippen LogP contribution is 2.28. The van der Waals surface area contributed by atoms with E-state index in [-0.39, 0.29) is 63.6 Å². The molecule has 0 bridgehead atoms. The zero-order valence-corrected chi connectivity index (χ0v) is 34.4. The van der Waals surface area contributed by atoms with Crippen molar-refractivity contribution in [1.29, 1.82) is 5.41 Å². The molecule has 19 heteroatoms. The lowest BCUT2D eigenvalue weighted by Crippen LogP contribution is -2.59. The minimum Gasteiger partial charge on any atom is -0.481 e. The van der Waals surface area contributed by atoms with Gasteiger partial charge in [-0.15, -0.1) is 0 Å². The van der Waals surface area contributed by atoms with Crippen molar-refractivity contribution in [2.45, 2.75) is 139 Å². The van der Waals surface area contributed by atoms with Crippen LogP contribution in [-0.2, 0) is 44.8 Å². The van der Waals surface area contributed by atoms with Gasteiger partial charge in [0.25, 0.3) is 0 Å². The van der Waals surface area contributed by atoms with E-state index in [0.717, 1.165) is 32.1 Å². The van der Waals surface area contributed by atoms with Crippen LogP contribution in [-0.4, -0.2) is 119 Å². The van der Waals surface area contributed by atoms with E-state index in [1.165, 1.54) is 11.8 Å². The van der Waals surface area contributed by atoms with Crippen molar-refractivity contribution in [3.8, 4) is 0 Å². The number of hydrogen-bond donors (Lipinski definition) is 10. The summed E-state index contributed by atoms with van der Waals surface area (Å²) in [6, 6.07) is 2.40. The zero-order valence-electron chi connectivity index (χ0n) is 34.4. The summed E-state index contributed by atoms with van der Waals surface area (Å²) >= 11 is 0. The number of amides is 7. The first-order chi connectivity index (χ1) is 28.7. The maximum absolute atomic E-state index is 14.5. The monoisotopic (exact) mass is 838 g/mol. The molecule has 2 heterocycles. The van der Waals surface area contributed by atoms with E-state index in [2.05, 4.69) is 37.2 Å². The molecule has 1 aromatic rings. The van der Waals surface area contributed by atoms with Crippen molar-refractivity contribution in [2.24, 2.45) is 11.7 Å². The summed E-state index contributed by atoms with van der Waals surface area (Å²) < 4.78 is 0. The topological polar surface area (TPSA) is 294 Å². The largest absolute Gasteiger partial charge is 0.481 e. The van der Waals surface area contributed by atoms with Crippen molar-refractivity contribution < 1.29 is 43.5 Å². The van der Waals surface area contributed by atoms with Crippen LogP contribution >= 0.6 is 0 Å². The summed E-state index contributed by atoms with van der Waals surface area (Å²) in [5.41, 5.74) is 6.10. The molecule has 330 valence electrons. The minimum absolute atomic E-state index is 0.0179. The lowest BCUT2D eigenvalue weighted by Gasteiger charge is -2.32. The molecule has 7 amide bonds. The van der Waals surface area contributed by atoms with E-state index in [0.29, 0.717) is 31.2 Å². The van der Waals surface area contributed by atoms with Gasteiger partial charge in [0.05, 0.1) is 6.42 Å². The van der Waals surface area contributed by atoms with Gasteiger partial charge in [0.1, 0.15) is 36.3 Å². The Morgan fingerprint density at radius 1 is 0.867 bits per heavy atom. The van der Waals surface area contributed by atoms with Gasteiger partial charge in [-0.3, -0.25) is 43.8 Å². The smallest absolute Gasteiger partial charge is 0.303 e. The highest BCUT2D eigenvalue weighted by Gasteiger charge is 2.40. The van der Waals surface area contributed by atoms with Gasteiger partial charge in [0.2, 0.25) is 41.4 Å². The third kappa shape index (κ3) is 15.1. The molecule has 1 saturated carbocycles. The average Bonchev–Trinajstić information content (AvgIpc) is 3.72. The summed E-state index contributed by atoms with van der Waals surface area (Å²) in [6.07, 6.45) is 5.89. The molecule has 1 aromatic carbocycles. The van der Waals surface area contributed by atoms with Crippen LogP contribution in [0.5, 0.6) is 0 Å². The van der Waals surface area contributed by atoms with Crippen LogP contribution in [0, 0.1) is 11.3 Å². The lowest BCUT2D eigenvalue weighted by molar-refractivity contribution is -0.143. The second-order valence-electron chi connectivity index (χ2n) is 16.0. The molecule has 3 aliphatic rings. The van der Waals surface area contributed by atoms with Crippen LogP contribution in [0.15, 0.2) is 30.3 Å². The normalized spacial score (nSPS) is 24.2. The molecule has 0 radical (unpaired) electrons. The van der Waals surface area contributed by atoms with Crippen LogP contribution in [0.4, 0.5) is 0 Å². The van der Waals surface area contributed by atoms with E-state index in [4.69, 9.17) is 16.2 Å². The Balaban J connectivity index is 1.62. The SMILES string of the molecule is CC1NC(=O)[C@@H](CC2CCCCC2)NC(=O)C2CCCN2C(=O)[C@@H](NC(=O)[C@H](Cc2ccccc2)NC(=O)CCC(=O)O)CCCNC(=O)C(CCCNC(=N)N)NC1=O. The third-order valence-electron chi connectivity index (χ3n) is 11.2. The first-order valence-electron chi connectivity index (χ1n) is 21.1. The molecular weight excluding hydrogens is 777 g/mol. The van der Waals surface area contributed by atoms with Crippen LogP contribution in [0.3, 0.4) is 0 Å². The molecule has 4 rings (SSSR count). The number of carbonyl (C=O) groups excluding carboxylic acids is 7. The molecule has 60 heavy (non-hydrogen) atoms. The average molecular weight is 839 g/mol. The van der Waals surface area contributed by atoms with E-state index < -0.39 is 90.0 Å². The van der Waals surface area contributed by atoms with E-state index >= 15 is 0 Å². The van der Waals surface area contributed by atoms with Crippen LogP contribution in [0.2, 0.25) is 0 Å². The Labute approximate surface area is 350 Å². The van der Waals surface area contributed by atoms with Gasteiger partial charge in [-0.1, -0.05) is 62.4 Å². The van der Waals surface area contributed by atoms with Crippen molar-refractivity contribution in [1.82, 2.24) is 42.1 Å². The van der Waals surface area contributed by atoms with E-state index in [1.807, 2.05) is 0 Å². The Hall–Kier alpha value is -5.75. The molecule has 3 fully saturated rings. The second kappa shape index (κ2) is 23.7. The van der Waals surface area contributed by atoms with Gasteiger partial charge in [0.15, 0.2) is 5.96 Å².